The van der Waals surface area contributed by atoms with Crippen LogP contribution in [0.4, 0.5) is 0 Å². The second-order valence-electron chi connectivity index (χ2n) is 8.52. The third kappa shape index (κ3) is 4.74. The molecule has 0 saturated carbocycles. The first-order chi connectivity index (χ1) is 16.8. The average Bonchev–Trinajstić information content (AvgIpc) is 3.11. The van der Waals surface area contributed by atoms with Crippen molar-refractivity contribution in [3.05, 3.63) is 45.6 Å². The Morgan fingerprint density at radius 3 is 2.43 bits per heavy atom. The van der Waals surface area contributed by atoms with E-state index in [1.54, 1.807) is 33.5 Å². The fraction of sp³-hybridized carbons (Fsp3) is 0.480. The lowest BCUT2D eigenvalue weighted by atomic mass is 9.95. The lowest BCUT2D eigenvalue weighted by molar-refractivity contribution is -0.197. The minimum atomic E-state index is -1.35. The molecule has 1 aliphatic carbocycles. The monoisotopic (exact) mass is 505 g/mol. The molecule has 0 aromatic heterocycles. The maximum atomic E-state index is 13.0. The molecule has 1 fully saturated rings. The van der Waals surface area contributed by atoms with Crippen LogP contribution in [0.15, 0.2) is 34.0 Å². The van der Waals surface area contributed by atoms with Gasteiger partial charge < -0.3 is 34.3 Å². The number of thioether (sulfide) groups is 1. The Hall–Kier alpha value is -2.34. The largest absolute Gasteiger partial charge is 0.493 e. The van der Waals surface area contributed by atoms with Gasteiger partial charge in [-0.2, -0.15) is 0 Å². The van der Waals surface area contributed by atoms with Gasteiger partial charge in [0.25, 0.3) is 0 Å². The van der Waals surface area contributed by atoms with Crippen LogP contribution in [-0.2, 0) is 11.2 Å². The number of benzene rings is 1. The Morgan fingerprint density at radius 2 is 1.77 bits per heavy atom. The van der Waals surface area contributed by atoms with Crippen molar-refractivity contribution in [3.63, 3.8) is 0 Å². The fourth-order valence-corrected chi connectivity index (χ4v) is 5.26. The second-order valence-corrected chi connectivity index (χ2v) is 9.37. The van der Waals surface area contributed by atoms with Crippen LogP contribution in [0.1, 0.15) is 23.6 Å². The molecule has 9 nitrogen and oxygen atoms in total. The predicted molar refractivity (Wildman–Crippen MR) is 132 cm³/mol. The third-order valence-corrected chi connectivity index (χ3v) is 7.36. The van der Waals surface area contributed by atoms with Crippen LogP contribution in [0.3, 0.4) is 0 Å². The highest BCUT2D eigenvalue weighted by Gasteiger charge is 2.39. The number of ether oxygens (including phenoxy) is 4. The second kappa shape index (κ2) is 10.7. The molecule has 10 heteroatoms. The van der Waals surface area contributed by atoms with Gasteiger partial charge in [-0.15, -0.1) is 11.8 Å². The standard InChI is InChI=1S/C25H31NO8S/c1-31-18-9-12-5-7-15(26-25-22(30)21(29)17(28)11-34-25)14-10-16(27)19(35-4)8-6-13(14)20(12)24(33-3)23(18)32-2/h6,8-10,15,17,21-22,25-26,28-30H,5,7,11H2,1-4H3. The quantitative estimate of drug-likeness (QED) is 0.429. The molecule has 1 saturated heterocycles. The van der Waals surface area contributed by atoms with Crippen molar-refractivity contribution in [2.45, 2.75) is 48.3 Å². The number of methoxy groups -OCH3 is 3. The van der Waals surface area contributed by atoms with Gasteiger partial charge >= 0.3 is 0 Å². The van der Waals surface area contributed by atoms with Crippen molar-refractivity contribution < 1.29 is 34.3 Å². The number of hydrogen-bond acceptors (Lipinski definition) is 10. The summed E-state index contributed by atoms with van der Waals surface area (Å²) in [4.78, 5) is 13.6. The van der Waals surface area contributed by atoms with Crippen LogP contribution < -0.4 is 25.0 Å². The number of fused-ring (bicyclic) bond motifs is 3. The number of rotatable bonds is 6. The average molecular weight is 506 g/mol. The van der Waals surface area contributed by atoms with Gasteiger partial charge in [-0.3, -0.25) is 10.1 Å². The van der Waals surface area contributed by atoms with Crippen molar-refractivity contribution in [1.82, 2.24) is 5.32 Å². The number of hydrogen-bond donors (Lipinski definition) is 4. The SMILES string of the molecule is COc1cc2c(c(OC)c1OC)-c1ccc(SC)c(=O)cc1C(NC1OCC(O)C(O)C1O)CC2. The molecule has 0 radical (unpaired) electrons. The summed E-state index contributed by atoms with van der Waals surface area (Å²) in [5.41, 5.74) is 3.10. The molecule has 4 N–H and O–H groups in total. The van der Waals surface area contributed by atoms with Crippen molar-refractivity contribution in [2.24, 2.45) is 0 Å². The van der Waals surface area contributed by atoms with E-state index in [9.17, 15) is 20.1 Å². The molecule has 5 atom stereocenters. The summed E-state index contributed by atoms with van der Waals surface area (Å²) in [5.74, 6) is 1.49. The fourth-order valence-electron chi connectivity index (χ4n) is 4.79. The molecule has 0 bridgehead atoms. The van der Waals surface area contributed by atoms with E-state index in [4.69, 9.17) is 18.9 Å². The summed E-state index contributed by atoms with van der Waals surface area (Å²) in [6.07, 6.45) is -1.79. The minimum absolute atomic E-state index is 0.121. The summed E-state index contributed by atoms with van der Waals surface area (Å²) in [6, 6.07) is 6.79. The van der Waals surface area contributed by atoms with Crippen LogP contribution in [-0.4, -0.2) is 74.1 Å². The predicted octanol–water partition coefficient (Wildman–Crippen LogP) is 1.48. The van der Waals surface area contributed by atoms with Gasteiger partial charge in [0, 0.05) is 11.6 Å². The zero-order valence-corrected chi connectivity index (χ0v) is 20.9. The molecule has 0 amide bonds. The van der Waals surface area contributed by atoms with Crippen molar-refractivity contribution in [3.8, 4) is 28.4 Å². The molecule has 2 aromatic rings. The van der Waals surface area contributed by atoms with Gasteiger partial charge in [-0.1, -0.05) is 6.07 Å². The summed E-state index contributed by atoms with van der Waals surface area (Å²) in [6.45, 7) is -0.121. The zero-order chi connectivity index (χ0) is 25.3. The first-order valence-electron chi connectivity index (χ1n) is 11.3. The molecule has 2 aromatic carbocycles. The lowest BCUT2D eigenvalue weighted by Gasteiger charge is -2.37. The normalized spacial score (nSPS) is 25.7. The van der Waals surface area contributed by atoms with E-state index in [2.05, 4.69) is 5.32 Å². The summed E-state index contributed by atoms with van der Waals surface area (Å²) in [5, 5.41) is 33.8. The zero-order valence-electron chi connectivity index (χ0n) is 20.1. The molecular formula is C25H31NO8S. The van der Waals surface area contributed by atoms with Gasteiger partial charge in [0.15, 0.2) is 16.9 Å². The topological polar surface area (TPSA) is 127 Å². The molecule has 1 aliphatic heterocycles. The number of nitrogens with one attached hydrogen (secondary N) is 1. The number of aliphatic hydroxyl groups is 3. The van der Waals surface area contributed by atoms with E-state index in [0.29, 0.717) is 40.5 Å². The van der Waals surface area contributed by atoms with Crippen LogP contribution in [0.25, 0.3) is 11.1 Å². The van der Waals surface area contributed by atoms with E-state index >= 15 is 0 Å². The maximum absolute atomic E-state index is 13.0. The minimum Gasteiger partial charge on any atom is -0.493 e. The summed E-state index contributed by atoms with van der Waals surface area (Å²) < 4.78 is 22.6. The Kier molecular flexibility index (Phi) is 7.89. The molecule has 5 unspecified atom stereocenters. The van der Waals surface area contributed by atoms with Gasteiger partial charge in [0.05, 0.1) is 32.8 Å². The van der Waals surface area contributed by atoms with Crippen molar-refractivity contribution in [1.29, 1.82) is 0 Å². The molecule has 1 heterocycles. The van der Waals surface area contributed by atoms with E-state index in [-0.39, 0.29) is 12.0 Å². The highest BCUT2D eigenvalue weighted by atomic mass is 32.2. The first kappa shape index (κ1) is 25.7. The number of aliphatic hydroxyl groups excluding tert-OH is 3. The Morgan fingerprint density at radius 1 is 1.03 bits per heavy atom. The van der Waals surface area contributed by atoms with Crippen LogP contribution >= 0.6 is 11.8 Å². The van der Waals surface area contributed by atoms with E-state index in [0.717, 1.165) is 16.7 Å². The highest BCUT2D eigenvalue weighted by molar-refractivity contribution is 7.98. The van der Waals surface area contributed by atoms with Gasteiger partial charge in [-0.25, -0.2) is 0 Å². The molecule has 0 spiro atoms. The Bertz CT molecular complexity index is 1140. The van der Waals surface area contributed by atoms with E-state index in [1.807, 2.05) is 18.4 Å². The first-order valence-corrected chi connectivity index (χ1v) is 12.5. The van der Waals surface area contributed by atoms with Crippen LogP contribution in [0.5, 0.6) is 17.2 Å². The highest BCUT2D eigenvalue weighted by Crippen LogP contribution is 2.50. The lowest BCUT2D eigenvalue weighted by Crippen LogP contribution is -2.58. The van der Waals surface area contributed by atoms with Crippen molar-refractivity contribution in [2.75, 3.05) is 34.2 Å². The van der Waals surface area contributed by atoms with Gasteiger partial charge in [0.1, 0.15) is 24.5 Å². The third-order valence-electron chi connectivity index (χ3n) is 6.59. The number of aryl methyl sites for hydroxylation is 1. The van der Waals surface area contributed by atoms with Gasteiger partial charge in [-0.05, 0) is 54.0 Å². The van der Waals surface area contributed by atoms with Gasteiger partial charge in [0.2, 0.25) is 5.75 Å². The Balaban J connectivity index is 1.90. The molecule has 2 aliphatic rings. The maximum Gasteiger partial charge on any atom is 0.203 e. The summed E-state index contributed by atoms with van der Waals surface area (Å²) >= 11 is 1.36. The smallest absolute Gasteiger partial charge is 0.203 e. The van der Waals surface area contributed by atoms with E-state index in [1.165, 1.54) is 11.8 Å². The Labute approximate surface area is 208 Å². The molecule has 190 valence electrons. The molecule has 35 heavy (non-hydrogen) atoms. The molecule has 4 rings (SSSR count). The van der Waals surface area contributed by atoms with E-state index < -0.39 is 30.6 Å². The summed E-state index contributed by atoms with van der Waals surface area (Å²) in [7, 11) is 4.67. The molecular weight excluding hydrogens is 474 g/mol. The van der Waals surface area contributed by atoms with Crippen LogP contribution in [0, 0.1) is 0 Å². The van der Waals surface area contributed by atoms with Crippen molar-refractivity contribution >= 4 is 11.8 Å². The van der Waals surface area contributed by atoms with Crippen LogP contribution in [0.2, 0.25) is 0 Å².